The van der Waals surface area contributed by atoms with Crippen molar-refractivity contribution in [3.63, 3.8) is 0 Å². The Balaban J connectivity index is 1.57. The number of nitrogens with zero attached hydrogens (tertiary/aromatic N) is 4. The molecule has 0 aromatic carbocycles. The van der Waals surface area contributed by atoms with Crippen molar-refractivity contribution in [2.75, 3.05) is 20.7 Å². The Hall–Kier alpha value is -4.34. The number of nitrogens with one attached hydrogen (secondary N) is 1. The summed E-state index contributed by atoms with van der Waals surface area (Å²) in [6.45, 7) is 11.7. The number of alkyl carbamates (subject to hydrolysis) is 1. The highest BCUT2D eigenvalue weighted by Crippen LogP contribution is 2.41. The highest BCUT2D eigenvalue weighted by molar-refractivity contribution is 6.08. The SMILES string of the molecule is CCC1OC(=O)[C@@](C)(F)C(=O)[C@H](C)[C@@H](O[C@@H]2O[C@H](C)C[C@H](N(C)C)[C@H]2O)[C@@](C)(OCC#Cc2cc(-c3cccnn3)no2)C[C@@H](C)C(=O)[C@H](C)[C@H]2NC(=O)O[C@]12C. The zero-order valence-electron chi connectivity index (χ0n) is 34.1. The Morgan fingerprint density at radius 3 is 2.46 bits per heavy atom. The average molecular weight is 800 g/mol. The van der Waals surface area contributed by atoms with Crippen molar-refractivity contribution < 1.29 is 56.9 Å². The summed E-state index contributed by atoms with van der Waals surface area (Å²) < 4.78 is 52.7. The maximum absolute atomic E-state index is 16.8. The number of rotatable bonds is 7. The first kappa shape index (κ1) is 43.8. The van der Waals surface area contributed by atoms with Crippen LogP contribution in [-0.2, 0) is 38.1 Å². The topological polar surface area (TPSA) is 202 Å². The molecule has 3 aliphatic rings. The molecular weight excluding hydrogens is 745 g/mol. The van der Waals surface area contributed by atoms with E-state index in [-0.39, 0.29) is 31.0 Å². The van der Waals surface area contributed by atoms with Crippen LogP contribution in [0.3, 0.4) is 0 Å². The number of amides is 1. The lowest BCUT2D eigenvalue weighted by Crippen LogP contribution is -2.61. The third kappa shape index (κ3) is 9.05. The van der Waals surface area contributed by atoms with Crippen molar-refractivity contribution >= 4 is 23.6 Å². The van der Waals surface area contributed by atoms with Crippen molar-refractivity contribution in [1.29, 1.82) is 0 Å². The second-order valence-electron chi connectivity index (χ2n) is 16.2. The normalized spacial score (nSPS) is 38.0. The van der Waals surface area contributed by atoms with E-state index in [1.54, 1.807) is 60.0 Å². The van der Waals surface area contributed by atoms with E-state index in [1.807, 2.05) is 11.8 Å². The summed E-state index contributed by atoms with van der Waals surface area (Å²) in [5, 5.41) is 26.1. The second-order valence-corrected chi connectivity index (χ2v) is 16.2. The van der Waals surface area contributed by atoms with Crippen molar-refractivity contribution in [3.8, 4) is 23.2 Å². The summed E-state index contributed by atoms with van der Waals surface area (Å²) in [5.74, 6) is -0.306. The first-order valence-electron chi connectivity index (χ1n) is 19.2. The number of aliphatic hydroxyl groups excluding tert-OH is 1. The highest BCUT2D eigenvalue weighted by atomic mass is 19.1. The van der Waals surface area contributed by atoms with Gasteiger partial charge in [-0.1, -0.05) is 38.8 Å². The van der Waals surface area contributed by atoms with E-state index in [0.29, 0.717) is 17.8 Å². The van der Waals surface area contributed by atoms with Gasteiger partial charge in [0.15, 0.2) is 17.7 Å². The number of cyclic esters (lactones) is 1. The van der Waals surface area contributed by atoms with Gasteiger partial charge in [-0.25, -0.2) is 14.0 Å². The summed E-state index contributed by atoms with van der Waals surface area (Å²) in [7, 11) is 3.60. The van der Waals surface area contributed by atoms with E-state index in [0.717, 1.165) is 6.92 Å². The summed E-state index contributed by atoms with van der Waals surface area (Å²) in [6.07, 6.45) is -4.51. The molecule has 0 bridgehead atoms. The summed E-state index contributed by atoms with van der Waals surface area (Å²) in [5.41, 5.74) is -5.58. The standard InChI is InChI=1S/C40H54FN5O11/c1-11-29-40(8)32(43-37(51)56-40)23(4)30(47)21(2)20-38(6,52-17-13-14-25-19-27(45-57-25)26-15-12-16-42-44-26)34(24(5)33(49)39(7,41)36(50)54-29)55-35-31(48)28(46(9)10)18-22(3)53-35/h12,15-16,19,21-24,28-29,31-32,34-35,48H,11,17-18,20H2,1-10H3,(H,43,51)/t21-,22-,23+,24+,28+,29?,31-,32-,34-,35+,38+,39+,40-/m1/s1. The number of hydrogen-bond donors (Lipinski definition) is 2. The molecule has 1 unspecified atom stereocenters. The van der Waals surface area contributed by atoms with Gasteiger partial charge in [0.05, 0.1) is 23.9 Å². The van der Waals surface area contributed by atoms with Gasteiger partial charge < -0.3 is 43.5 Å². The Kier molecular flexibility index (Phi) is 13.3. The number of Topliss-reactive ketones (excluding diaryl/α,β-unsaturated/α-hetero) is 2. The molecule has 17 heteroatoms. The molecule has 0 aliphatic carbocycles. The molecule has 1 amide bonds. The van der Waals surface area contributed by atoms with E-state index in [1.165, 1.54) is 20.0 Å². The number of likely N-dealkylation sites (N-methyl/N-ethyl adjacent to an activating group) is 1. The number of carbonyl (C=O) groups excluding carboxylic acids is 4. The molecule has 13 atom stereocenters. The van der Waals surface area contributed by atoms with Gasteiger partial charge in [0.2, 0.25) is 5.76 Å². The number of fused-ring (bicyclic) bond motifs is 1. The molecule has 57 heavy (non-hydrogen) atoms. The fraction of sp³-hybridized carbons (Fsp3) is 0.675. The highest BCUT2D eigenvalue weighted by Gasteiger charge is 2.59. The van der Waals surface area contributed by atoms with Crippen LogP contribution in [0.1, 0.15) is 80.4 Å². The molecule has 2 aromatic heterocycles. The van der Waals surface area contributed by atoms with Gasteiger partial charge in [0, 0.05) is 36.1 Å². The largest absolute Gasteiger partial charge is 0.455 e. The number of alkyl halides is 1. The van der Waals surface area contributed by atoms with E-state index in [9.17, 15) is 24.3 Å². The van der Waals surface area contributed by atoms with E-state index in [2.05, 4.69) is 32.5 Å². The first-order valence-corrected chi connectivity index (χ1v) is 19.2. The number of ether oxygens (including phenoxy) is 5. The van der Waals surface area contributed by atoms with Crippen LogP contribution in [0.4, 0.5) is 9.18 Å². The molecule has 3 fully saturated rings. The predicted molar refractivity (Wildman–Crippen MR) is 200 cm³/mol. The predicted octanol–water partition coefficient (Wildman–Crippen LogP) is 3.44. The zero-order chi connectivity index (χ0) is 42.0. The van der Waals surface area contributed by atoms with Crippen LogP contribution in [0.15, 0.2) is 28.9 Å². The van der Waals surface area contributed by atoms with Gasteiger partial charge in [-0.2, -0.15) is 5.10 Å². The van der Waals surface area contributed by atoms with Gasteiger partial charge >= 0.3 is 12.1 Å². The Bertz CT molecular complexity index is 1850. The fourth-order valence-electron chi connectivity index (χ4n) is 8.35. The lowest BCUT2D eigenvalue weighted by Gasteiger charge is -2.47. The molecule has 3 aliphatic heterocycles. The Morgan fingerprint density at radius 2 is 1.81 bits per heavy atom. The van der Waals surface area contributed by atoms with Gasteiger partial charge in [-0.15, -0.1) is 5.10 Å². The third-order valence-electron chi connectivity index (χ3n) is 11.5. The van der Waals surface area contributed by atoms with Crippen LogP contribution in [0.25, 0.3) is 11.4 Å². The number of aromatic nitrogens is 3. The summed E-state index contributed by atoms with van der Waals surface area (Å²) >= 11 is 0. The zero-order valence-corrected chi connectivity index (χ0v) is 34.1. The van der Waals surface area contributed by atoms with Crippen LogP contribution in [0.2, 0.25) is 0 Å². The minimum Gasteiger partial charge on any atom is -0.455 e. The van der Waals surface area contributed by atoms with E-state index >= 15 is 4.39 Å². The summed E-state index contributed by atoms with van der Waals surface area (Å²) in [4.78, 5) is 57.0. The number of aliphatic hydroxyl groups is 1. The quantitative estimate of drug-likeness (QED) is 0.234. The number of esters is 1. The fourth-order valence-corrected chi connectivity index (χ4v) is 8.35. The molecule has 5 rings (SSSR count). The van der Waals surface area contributed by atoms with Crippen LogP contribution in [0, 0.1) is 29.6 Å². The molecule has 5 heterocycles. The molecule has 312 valence electrons. The maximum atomic E-state index is 16.8. The van der Waals surface area contributed by atoms with Crippen LogP contribution in [0.5, 0.6) is 0 Å². The Labute approximate surface area is 331 Å². The molecule has 2 aromatic rings. The van der Waals surface area contributed by atoms with Crippen molar-refractivity contribution in [2.45, 2.75) is 134 Å². The smallest absolute Gasteiger partial charge is 0.408 e. The van der Waals surface area contributed by atoms with E-state index in [4.69, 9.17) is 28.2 Å². The molecule has 0 spiro atoms. The Morgan fingerprint density at radius 1 is 1.09 bits per heavy atom. The van der Waals surface area contributed by atoms with Gasteiger partial charge in [0.25, 0.3) is 5.67 Å². The van der Waals surface area contributed by atoms with Gasteiger partial charge in [-0.05, 0) is 79.1 Å². The molecule has 0 saturated carbocycles. The van der Waals surface area contributed by atoms with E-state index < -0.39 is 95.3 Å². The lowest BCUT2D eigenvalue weighted by atomic mass is 9.73. The average Bonchev–Trinajstić information content (AvgIpc) is 3.77. The minimum atomic E-state index is -3.23. The molecule has 3 saturated heterocycles. The third-order valence-corrected chi connectivity index (χ3v) is 11.5. The van der Waals surface area contributed by atoms with Crippen LogP contribution >= 0.6 is 0 Å². The van der Waals surface area contributed by atoms with Gasteiger partial charge in [-0.3, -0.25) is 9.59 Å². The number of hydrogen-bond acceptors (Lipinski definition) is 15. The maximum Gasteiger partial charge on any atom is 0.408 e. The van der Waals surface area contributed by atoms with Crippen molar-refractivity contribution in [1.82, 2.24) is 25.6 Å². The first-order chi connectivity index (χ1) is 26.7. The number of halogens is 1. The monoisotopic (exact) mass is 799 g/mol. The summed E-state index contributed by atoms with van der Waals surface area (Å²) in [6, 6.07) is 3.57. The number of carbonyl (C=O) groups is 4. The van der Waals surface area contributed by atoms with Crippen LogP contribution in [-0.4, -0.2) is 129 Å². The minimum absolute atomic E-state index is 0.0700. The lowest BCUT2D eigenvalue weighted by molar-refractivity contribution is -0.296. The van der Waals surface area contributed by atoms with Crippen LogP contribution < -0.4 is 5.32 Å². The number of ketones is 2. The molecule has 2 N–H and O–H groups in total. The van der Waals surface area contributed by atoms with Crippen molar-refractivity contribution in [2.24, 2.45) is 17.8 Å². The molecular formula is C40H54FN5O11. The molecule has 0 radical (unpaired) electrons. The molecule has 16 nitrogen and oxygen atoms in total. The second kappa shape index (κ2) is 17.3. The van der Waals surface area contributed by atoms with Gasteiger partial charge in [0.1, 0.15) is 36.0 Å². The van der Waals surface area contributed by atoms with Crippen molar-refractivity contribution in [3.05, 3.63) is 30.2 Å².